The molecule has 22 heavy (non-hydrogen) atoms. The van der Waals surface area contributed by atoms with Gasteiger partial charge in [0.2, 0.25) is 0 Å². The molecule has 1 heterocycles. The summed E-state index contributed by atoms with van der Waals surface area (Å²) in [4.78, 5) is 13.2. The van der Waals surface area contributed by atoms with Crippen molar-refractivity contribution in [2.24, 2.45) is 0 Å². The number of halogens is 4. The van der Waals surface area contributed by atoms with Crippen molar-refractivity contribution in [3.8, 4) is 0 Å². The molecule has 0 saturated carbocycles. The molecule has 1 atom stereocenters. The minimum Gasteiger partial charge on any atom is -0.379 e. The summed E-state index contributed by atoms with van der Waals surface area (Å²) in [5, 5.41) is 0. The Hall–Kier alpha value is -1.63. The first-order valence-corrected chi connectivity index (χ1v) is 6.99. The maximum Gasteiger partial charge on any atom is 0.406 e. The Balaban J connectivity index is 2.28. The van der Waals surface area contributed by atoms with E-state index in [9.17, 15) is 22.4 Å². The van der Waals surface area contributed by atoms with Crippen molar-refractivity contribution in [1.82, 2.24) is 4.90 Å². The lowest BCUT2D eigenvalue weighted by Crippen LogP contribution is -2.49. The number of rotatable bonds is 3. The molecule has 1 fully saturated rings. The normalized spacial score (nSPS) is 19.0. The number of alkyl halides is 3. The van der Waals surface area contributed by atoms with Gasteiger partial charge in [-0.1, -0.05) is 0 Å². The Morgan fingerprint density at radius 1 is 1.36 bits per heavy atom. The second-order valence-corrected chi connectivity index (χ2v) is 5.44. The van der Waals surface area contributed by atoms with E-state index < -0.39 is 30.5 Å². The number of amides is 1. The molecule has 3 nitrogen and oxygen atoms in total. The highest BCUT2D eigenvalue weighted by Crippen LogP contribution is 2.24. The van der Waals surface area contributed by atoms with Gasteiger partial charge in [0.1, 0.15) is 12.4 Å². The maximum absolute atomic E-state index is 13.4. The number of hydrogen-bond acceptors (Lipinski definition) is 2. The minimum atomic E-state index is -4.52. The van der Waals surface area contributed by atoms with E-state index in [-0.39, 0.29) is 12.2 Å². The lowest BCUT2D eigenvalue weighted by molar-refractivity contribution is -0.148. The van der Waals surface area contributed by atoms with Crippen LogP contribution in [-0.4, -0.2) is 42.8 Å². The summed E-state index contributed by atoms with van der Waals surface area (Å²) in [5.74, 6) is -1.47. The average Bonchev–Trinajstić information content (AvgIpc) is 2.43. The smallest absolute Gasteiger partial charge is 0.379 e. The van der Waals surface area contributed by atoms with Gasteiger partial charge in [-0.2, -0.15) is 13.2 Å². The molecule has 0 spiro atoms. The molecule has 0 aliphatic carbocycles. The van der Waals surface area contributed by atoms with Crippen molar-refractivity contribution in [2.75, 3.05) is 19.8 Å². The fourth-order valence-electron chi connectivity index (χ4n) is 2.56. The van der Waals surface area contributed by atoms with E-state index in [4.69, 9.17) is 4.74 Å². The van der Waals surface area contributed by atoms with Crippen LogP contribution in [0.25, 0.3) is 0 Å². The Labute approximate surface area is 125 Å². The largest absolute Gasteiger partial charge is 0.406 e. The van der Waals surface area contributed by atoms with Crippen LogP contribution in [0, 0.1) is 12.7 Å². The monoisotopic (exact) mass is 319 g/mol. The van der Waals surface area contributed by atoms with E-state index in [1.807, 2.05) is 0 Å². The summed E-state index contributed by atoms with van der Waals surface area (Å²) in [5.41, 5.74) is 0.405. The summed E-state index contributed by atoms with van der Waals surface area (Å²) >= 11 is 0. The van der Waals surface area contributed by atoms with Crippen molar-refractivity contribution in [2.45, 2.75) is 32.0 Å². The van der Waals surface area contributed by atoms with Crippen LogP contribution in [0.15, 0.2) is 18.2 Å². The van der Waals surface area contributed by atoms with Crippen molar-refractivity contribution in [3.05, 3.63) is 35.1 Å². The fourth-order valence-corrected chi connectivity index (χ4v) is 2.56. The molecule has 0 aromatic heterocycles. The first kappa shape index (κ1) is 16.7. The van der Waals surface area contributed by atoms with E-state index >= 15 is 0 Å². The van der Waals surface area contributed by atoms with Gasteiger partial charge >= 0.3 is 6.18 Å². The Kier molecular flexibility index (Phi) is 5.05. The molecule has 0 N–H and O–H groups in total. The molecule has 1 saturated heterocycles. The molecule has 0 bridgehead atoms. The molecule has 7 heteroatoms. The lowest BCUT2D eigenvalue weighted by Gasteiger charge is -2.34. The number of aryl methyl sites for hydroxylation is 1. The zero-order valence-electron chi connectivity index (χ0n) is 12.1. The van der Waals surface area contributed by atoms with E-state index in [0.29, 0.717) is 25.0 Å². The Morgan fingerprint density at radius 3 is 2.64 bits per heavy atom. The van der Waals surface area contributed by atoms with Crippen molar-refractivity contribution >= 4 is 5.91 Å². The van der Waals surface area contributed by atoms with Crippen LogP contribution in [0.2, 0.25) is 0 Å². The van der Waals surface area contributed by atoms with Crippen LogP contribution < -0.4 is 0 Å². The van der Waals surface area contributed by atoms with Crippen LogP contribution in [0.4, 0.5) is 17.6 Å². The van der Waals surface area contributed by atoms with Crippen molar-refractivity contribution < 1.29 is 27.1 Å². The molecule has 0 unspecified atom stereocenters. The number of benzene rings is 1. The SMILES string of the molecule is Cc1cc(F)cc(C(=O)N(CC(F)(F)F)[C@@H]2CCCOC2)c1. The van der Waals surface area contributed by atoms with Gasteiger partial charge < -0.3 is 9.64 Å². The number of carbonyl (C=O) groups excluding carboxylic acids is 1. The second-order valence-electron chi connectivity index (χ2n) is 5.44. The summed E-state index contributed by atoms with van der Waals surface area (Å²) in [6.07, 6.45) is -3.49. The molecular weight excluding hydrogens is 302 g/mol. The molecule has 122 valence electrons. The number of ether oxygens (including phenoxy) is 1. The van der Waals surface area contributed by atoms with Gasteiger partial charge in [-0.15, -0.1) is 0 Å². The number of hydrogen-bond donors (Lipinski definition) is 0. The first-order valence-electron chi connectivity index (χ1n) is 6.99. The van der Waals surface area contributed by atoms with Gasteiger partial charge in [-0.25, -0.2) is 4.39 Å². The van der Waals surface area contributed by atoms with Crippen molar-refractivity contribution in [1.29, 1.82) is 0 Å². The van der Waals surface area contributed by atoms with Gasteiger partial charge in [0.25, 0.3) is 5.91 Å². The van der Waals surface area contributed by atoms with Gasteiger partial charge in [0, 0.05) is 12.2 Å². The van der Waals surface area contributed by atoms with Crippen LogP contribution in [0.5, 0.6) is 0 Å². The highest BCUT2D eigenvalue weighted by Gasteiger charge is 2.37. The predicted molar refractivity (Wildman–Crippen MR) is 72.1 cm³/mol. The van der Waals surface area contributed by atoms with Gasteiger partial charge in [0.15, 0.2) is 0 Å². The maximum atomic E-state index is 13.4. The highest BCUT2D eigenvalue weighted by atomic mass is 19.4. The van der Waals surface area contributed by atoms with E-state index in [2.05, 4.69) is 0 Å². The van der Waals surface area contributed by atoms with Crippen LogP contribution in [-0.2, 0) is 4.74 Å². The molecule has 0 radical (unpaired) electrons. The number of nitrogens with zero attached hydrogens (tertiary/aromatic N) is 1. The van der Waals surface area contributed by atoms with Crippen LogP contribution in [0.1, 0.15) is 28.8 Å². The quantitative estimate of drug-likeness (QED) is 0.800. The van der Waals surface area contributed by atoms with Gasteiger partial charge in [0.05, 0.1) is 12.6 Å². The third kappa shape index (κ3) is 4.43. The van der Waals surface area contributed by atoms with E-state index in [1.165, 1.54) is 12.1 Å². The zero-order chi connectivity index (χ0) is 16.3. The third-order valence-electron chi connectivity index (χ3n) is 3.48. The Morgan fingerprint density at radius 2 is 2.09 bits per heavy atom. The van der Waals surface area contributed by atoms with E-state index in [1.54, 1.807) is 6.92 Å². The summed E-state index contributed by atoms with van der Waals surface area (Å²) in [7, 11) is 0. The van der Waals surface area contributed by atoms with Crippen LogP contribution >= 0.6 is 0 Å². The topological polar surface area (TPSA) is 29.5 Å². The highest BCUT2D eigenvalue weighted by molar-refractivity contribution is 5.94. The number of carbonyl (C=O) groups is 1. The summed E-state index contributed by atoms with van der Waals surface area (Å²) < 4.78 is 56.9. The summed E-state index contributed by atoms with van der Waals surface area (Å²) in [6, 6.07) is 2.92. The summed E-state index contributed by atoms with van der Waals surface area (Å²) in [6.45, 7) is 0.757. The molecule has 1 amide bonds. The average molecular weight is 319 g/mol. The minimum absolute atomic E-state index is 0.0656. The molecular formula is C15H17F4NO2. The Bertz CT molecular complexity index is 519. The molecule has 1 aromatic rings. The third-order valence-corrected chi connectivity index (χ3v) is 3.48. The molecule has 1 aliphatic rings. The van der Waals surface area contributed by atoms with Gasteiger partial charge in [-0.3, -0.25) is 4.79 Å². The van der Waals surface area contributed by atoms with Crippen molar-refractivity contribution in [3.63, 3.8) is 0 Å². The first-order chi connectivity index (χ1) is 10.3. The second kappa shape index (κ2) is 6.64. The van der Waals surface area contributed by atoms with Gasteiger partial charge in [-0.05, 0) is 43.5 Å². The van der Waals surface area contributed by atoms with E-state index in [0.717, 1.165) is 11.0 Å². The molecule has 1 aliphatic heterocycles. The molecule has 1 aromatic carbocycles. The van der Waals surface area contributed by atoms with Crippen LogP contribution in [0.3, 0.4) is 0 Å². The lowest BCUT2D eigenvalue weighted by atomic mass is 10.1. The zero-order valence-corrected chi connectivity index (χ0v) is 12.1. The molecule has 2 rings (SSSR count). The standard InChI is InChI=1S/C15H17F4NO2/c1-10-5-11(7-12(16)6-10)14(21)20(9-15(17,18)19)13-3-2-4-22-8-13/h5-7,13H,2-4,8-9H2,1H3/t13-/m1/s1. The predicted octanol–water partition coefficient (Wildman–Crippen LogP) is 3.32. The fraction of sp³-hybridized carbons (Fsp3) is 0.533.